The molecule has 1 aromatic heterocycles. The van der Waals surface area contributed by atoms with Crippen molar-refractivity contribution < 1.29 is 9.90 Å². The van der Waals surface area contributed by atoms with E-state index in [0.29, 0.717) is 6.54 Å². The van der Waals surface area contributed by atoms with Crippen molar-refractivity contribution in [1.29, 1.82) is 0 Å². The minimum Gasteiger partial charge on any atom is -0.481 e. The predicted octanol–water partition coefficient (Wildman–Crippen LogP) is 2.76. The zero-order valence-electron chi connectivity index (χ0n) is 15.0. The van der Waals surface area contributed by atoms with Gasteiger partial charge in [-0.1, -0.05) is 30.3 Å². The number of rotatable bonds is 5. The Morgan fingerprint density at radius 2 is 2.00 bits per heavy atom. The molecule has 0 spiro atoms. The van der Waals surface area contributed by atoms with Crippen LogP contribution in [-0.2, 0) is 11.3 Å². The molecule has 0 unspecified atom stereocenters. The number of hydrogen-bond acceptors (Lipinski definition) is 4. The summed E-state index contributed by atoms with van der Waals surface area (Å²) in [5.74, 6) is -0.119. The summed E-state index contributed by atoms with van der Waals surface area (Å²) < 4.78 is 0. The van der Waals surface area contributed by atoms with Crippen molar-refractivity contribution in [3.05, 3.63) is 59.3 Å². The van der Waals surface area contributed by atoms with Gasteiger partial charge in [0.2, 0.25) is 0 Å². The van der Waals surface area contributed by atoms with Gasteiger partial charge >= 0.3 is 5.97 Å². The Labute approximate surface area is 148 Å². The molecule has 2 atom stereocenters. The van der Waals surface area contributed by atoms with E-state index in [1.54, 1.807) is 0 Å². The fourth-order valence-corrected chi connectivity index (χ4v) is 3.62. The van der Waals surface area contributed by atoms with E-state index in [1.807, 2.05) is 43.4 Å². The Balaban J connectivity index is 1.76. The van der Waals surface area contributed by atoms with Crippen LogP contribution in [0.1, 0.15) is 22.6 Å². The number of anilines is 1. The van der Waals surface area contributed by atoms with Crippen molar-refractivity contribution in [2.45, 2.75) is 19.4 Å². The van der Waals surface area contributed by atoms with Crippen LogP contribution in [0, 0.1) is 12.8 Å². The lowest BCUT2D eigenvalue weighted by molar-refractivity contribution is -0.141. The van der Waals surface area contributed by atoms with Crippen LogP contribution < -0.4 is 4.90 Å². The Hall–Kier alpha value is -2.40. The molecule has 1 aliphatic rings. The average molecular weight is 339 g/mol. The maximum atomic E-state index is 11.8. The van der Waals surface area contributed by atoms with Gasteiger partial charge in [0.05, 0.1) is 5.92 Å². The van der Waals surface area contributed by atoms with Crippen molar-refractivity contribution in [2.75, 3.05) is 32.1 Å². The molecular formula is C20H25N3O2. The molecule has 0 bridgehead atoms. The summed E-state index contributed by atoms with van der Waals surface area (Å²) in [6.45, 7) is 4.12. The largest absolute Gasteiger partial charge is 0.481 e. The number of pyridine rings is 1. The van der Waals surface area contributed by atoms with E-state index >= 15 is 0 Å². The Bertz CT molecular complexity index is 743. The summed E-state index contributed by atoms with van der Waals surface area (Å²) in [6.07, 6.45) is 1.88. The second kappa shape index (κ2) is 7.23. The van der Waals surface area contributed by atoms with Gasteiger partial charge in [0, 0.05) is 45.8 Å². The molecule has 132 valence electrons. The third-order valence-corrected chi connectivity index (χ3v) is 4.97. The normalized spacial score (nSPS) is 20.6. The first-order valence-corrected chi connectivity index (χ1v) is 8.58. The summed E-state index contributed by atoms with van der Waals surface area (Å²) in [5, 5.41) is 9.67. The Morgan fingerprint density at radius 1 is 1.24 bits per heavy atom. The minimum absolute atomic E-state index is 0.0349. The first-order valence-electron chi connectivity index (χ1n) is 8.58. The molecule has 1 saturated heterocycles. The molecule has 0 saturated carbocycles. The molecular weight excluding hydrogens is 314 g/mol. The highest BCUT2D eigenvalue weighted by molar-refractivity contribution is 5.72. The highest BCUT2D eigenvalue weighted by Gasteiger charge is 2.38. The highest BCUT2D eigenvalue weighted by atomic mass is 16.4. The predicted molar refractivity (Wildman–Crippen MR) is 98.9 cm³/mol. The number of hydrogen-bond donors (Lipinski definition) is 1. The number of carboxylic acid groups (broad SMARTS) is 1. The van der Waals surface area contributed by atoms with Crippen LogP contribution in [0.4, 0.5) is 5.82 Å². The second-order valence-electron chi connectivity index (χ2n) is 7.02. The maximum absolute atomic E-state index is 11.8. The standard InChI is InChI=1S/C20H25N3O2/c1-14-6-4-5-7-16(14)17-12-23(13-18(17)20(24)25)11-15-8-9-19(21-10-15)22(2)3/h4-10,17-18H,11-13H2,1-3H3,(H,24,25)/t17-,18+/m0/s1. The molecule has 0 radical (unpaired) electrons. The fourth-order valence-electron chi connectivity index (χ4n) is 3.62. The topological polar surface area (TPSA) is 56.7 Å². The van der Waals surface area contributed by atoms with E-state index in [0.717, 1.165) is 35.6 Å². The number of aryl methyl sites for hydroxylation is 1. The van der Waals surface area contributed by atoms with Crippen LogP contribution in [-0.4, -0.2) is 48.1 Å². The quantitative estimate of drug-likeness (QED) is 0.908. The van der Waals surface area contributed by atoms with E-state index in [9.17, 15) is 9.90 Å². The molecule has 1 aliphatic heterocycles. The number of nitrogens with zero attached hydrogens (tertiary/aromatic N) is 3. The van der Waals surface area contributed by atoms with Crippen molar-refractivity contribution >= 4 is 11.8 Å². The van der Waals surface area contributed by atoms with Gasteiger partial charge in [-0.15, -0.1) is 0 Å². The first kappa shape index (κ1) is 17.4. The van der Waals surface area contributed by atoms with Crippen LogP contribution in [0.25, 0.3) is 0 Å². The minimum atomic E-state index is -0.711. The molecule has 2 aromatic rings. The number of benzene rings is 1. The SMILES string of the molecule is Cc1ccccc1[C@@H]1CN(Cc2ccc(N(C)C)nc2)C[C@H]1C(=O)O. The highest BCUT2D eigenvalue weighted by Crippen LogP contribution is 2.35. The molecule has 25 heavy (non-hydrogen) atoms. The number of carboxylic acids is 1. The lowest BCUT2D eigenvalue weighted by atomic mass is 9.86. The van der Waals surface area contributed by atoms with Crippen molar-refractivity contribution in [3.63, 3.8) is 0 Å². The van der Waals surface area contributed by atoms with Gasteiger partial charge in [-0.25, -0.2) is 4.98 Å². The van der Waals surface area contributed by atoms with E-state index < -0.39 is 5.97 Å². The molecule has 5 nitrogen and oxygen atoms in total. The summed E-state index contributed by atoms with van der Waals surface area (Å²) in [6, 6.07) is 12.2. The van der Waals surface area contributed by atoms with Gasteiger partial charge in [-0.05, 0) is 29.7 Å². The van der Waals surface area contributed by atoms with E-state index in [2.05, 4.69) is 35.0 Å². The Kier molecular flexibility index (Phi) is 5.04. The smallest absolute Gasteiger partial charge is 0.308 e. The monoisotopic (exact) mass is 339 g/mol. The van der Waals surface area contributed by atoms with E-state index in [-0.39, 0.29) is 11.8 Å². The van der Waals surface area contributed by atoms with Gasteiger partial charge in [0.1, 0.15) is 5.82 Å². The van der Waals surface area contributed by atoms with Crippen LogP contribution >= 0.6 is 0 Å². The molecule has 0 amide bonds. The lowest BCUT2D eigenvalue weighted by Crippen LogP contribution is -2.23. The third-order valence-electron chi connectivity index (χ3n) is 4.97. The third kappa shape index (κ3) is 3.82. The zero-order chi connectivity index (χ0) is 18.0. The number of aliphatic carboxylic acids is 1. The zero-order valence-corrected chi connectivity index (χ0v) is 15.0. The average Bonchev–Trinajstić information content (AvgIpc) is 2.99. The maximum Gasteiger partial charge on any atom is 0.308 e. The molecule has 1 N–H and O–H groups in total. The molecule has 1 aromatic carbocycles. The summed E-state index contributed by atoms with van der Waals surface area (Å²) in [7, 11) is 3.93. The van der Waals surface area contributed by atoms with Gasteiger partial charge in [-0.2, -0.15) is 0 Å². The molecule has 5 heteroatoms. The molecule has 2 heterocycles. The Morgan fingerprint density at radius 3 is 2.60 bits per heavy atom. The molecule has 3 rings (SSSR count). The van der Waals surface area contributed by atoms with Crippen molar-refractivity contribution in [3.8, 4) is 0 Å². The van der Waals surface area contributed by atoms with Gasteiger partial charge in [-0.3, -0.25) is 9.69 Å². The van der Waals surface area contributed by atoms with Gasteiger partial charge in [0.25, 0.3) is 0 Å². The van der Waals surface area contributed by atoms with Crippen molar-refractivity contribution in [2.24, 2.45) is 5.92 Å². The van der Waals surface area contributed by atoms with E-state index in [4.69, 9.17) is 0 Å². The summed E-state index contributed by atoms with van der Waals surface area (Å²) >= 11 is 0. The summed E-state index contributed by atoms with van der Waals surface area (Å²) in [4.78, 5) is 20.4. The number of carbonyl (C=O) groups is 1. The van der Waals surface area contributed by atoms with Gasteiger partial charge in [0.15, 0.2) is 0 Å². The summed E-state index contributed by atoms with van der Waals surface area (Å²) in [5.41, 5.74) is 3.43. The van der Waals surface area contributed by atoms with Gasteiger partial charge < -0.3 is 10.0 Å². The van der Waals surface area contributed by atoms with E-state index in [1.165, 1.54) is 0 Å². The van der Waals surface area contributed by atoms with Crippen LogP contribution in [0.3, 0.4) is 0 Å². The fraction of sp³-hybridized carbons (Fsp3) is 0.400. The number of likely N-dealkylation sites (tertiary alicyclic amines) is 1. The molecule has 1 fully saturated rings. The van der Waals surface area contributed by atoms with Crippen LogP contribution in [0.2, 0.25) is 0 Å². The first-order chi connectivity index (χ1) is 12.0. The lowest BCUT2D eigenvalue weighted by Gasteiger charge is -2.18. The van der Waals surface area contributed by atoms with Crippen LogP contribution in [0.15, 0.2) is 42.6 Å². The number of aromatic nitrogens is 1. The van der Waals surface area contributed by atoms with Crippen LogP contribution in [0.5, 0.6) is 0 Å². The molecule has 0 aliphatic carbocycles. The second-order valence-corrected chi connectivity index (χ2v) is 7.02. The van der Waals surface area contributed by atoms with Crippen molar-refractivity contribution in [1.82, 2.24) is 9.88 Å².